The second kappa shape index (κ2) is 4.16. The van der Waals surface area contributed by atoms with Gasteiger partial charge in [0.15, 0.2) is 0 Å². The van der Waals surface area contributed by atoms with Crippen molar-refractivity contribution in [2.24, 2.45) is 5.92 Å². The van der Waals surface area contributed by atoms with Crippen molar-refractivity contribution in [3.8, 4) is 0 Å². The molecule has 1 amide bonds. The van der Waals surface area contributed by atoms with Gasteiger partial charge in [-0.1, -0.05) is 0 Å². The van der Waals surface area contributed by atoms with E-state index in [9.17, 15) is 9.59 Å². The molecule has 15 heavy (non-hydrogen) atoms. The third-order valence-corrected chi connectivity index (χ3v) is 2.76. The molecule has 0 aromatic heterocycles. The first-order valence-electron chi connectivity index (χ1n) is 5.01. The van der Waals surface area contributed by atoms with Gasteiger partial charge < -0.3 is 20.1 Å². The Balaban J connectivity index is 1.80. The number of likely N-dealkylation sites (tertiary alicyclic amines) is 1. The number of nitrogens with zero attached hydrogens (tertiary/aromatic N) is 1. The minimum absolute atomic E-state index is 0.0489. The highest BCUT2D eigenvalue weighted by atomic mass is 16.5. The lowest BCUT2D eigenvalue weighted by Gasteiger charge is -2.39. The number of carboxylic acids is 1. The van der Waals surface area contributed by atoms with E-state index >= 15 is 0 Å². The van der Waals surface area contributed by atoms with Gasteiger partial charge in [-0.25, -0.2) is 0 Å². The zero-order valence-corrected chi connectivity index (χ0v) is 8.31. The second-order valence-corrected chi connectivity index (χ2v) is 3.86. The maximum Gasteiger partial charge on any atom is 0.310 e. The van der Waals surface area contributed by atoms with Crippen molar-refractivity contribution in [1.29, 1.82) is 0 Å². The van der Waals surface area contributed by atoms with Crippen molar-refractivity contribution in [3.63, 3.8) is 0 Å². The summed E-state index contributed by atoms with van der Waals surface area (Å²) in [6, 6.07) is -0.298. The lowest BCUT2D eigenvalue weighted by molar-refractivity contribution is -0.154. The maximum atomic E-state index is 11.7. The van der Waals surface area contributed by atoms with Gasteiger partial charge in [0.25, 0.3) is 0 Å². The van der Waals surface area contributed by atoms with Crippen LogP contribution in [0.4, 0.5) is 0 Å². The molecule has 2 N–H and O–H groups in total. The molecule has 2 rings (SSSR count). The van der Waals surface area contributed by atoms with Crippen LogP contribution >= 0.6 is 0 Å². The van der Waals surface area contributed by atoms with Gasteiger partial charge in [-0.05, 0) is 0 Å². The number of rotatable bonds is 2. The van der Waals surface area contributed by atoms with Crippen LogP contribution in [-0.4, -0.2) is 60.8 Å². The lowest BCUT2D eigenvalue weighted by atomic mass is 9.99. The number of nitrogens with one attached hydrogen (secondary N) is 1. The molecule has 6 nitrogen and oxygen atoms in total. The molecule has 0 bridgehead atoms. The molecule has 0 saturated carbocycles. The molecule has 2 fully saturated rings. The standard InChI is InChI=1S/C9H14N2O4/c12-8(7-5-15-2-1-10-7)11-3-6(4-11)9(13)14/h6-7,10H,1-5H2,(H,13,14). The zero-order chi connectivity index (χ0) is 10.8. The van der Waals surface area contributed by atoms with Crippen molar-refractivity contribution >= 4 is 11.9 Å². The van der Waals surface area contributed by atoms with Gasteiger partial charge in [-0.15, -0.1) is 0 Å². The molecule has 1 atom stereocenters. The van der Waals surface area contributed by atoms with Crippen LogP contribution in [0, 0.1) is 5.92 Å². The van der Waals surface area contributed by atoms with Crippen LogP contribution in [0.2, 0.25) is 0 Å². The number of carbonyl (C=O) groups is 2. The number of ether oxygens (including phenoxy) is 1. The van der Waals surface area contributed by atoms with Crippen LogP contribution in [0.5, 0.6) is 0 Å². The Hall–Kier alpha value is -1.14. The highest BCUT2D eigenvalue weighted by Crippen LogP contribution is 2.17. The van der Waals surface area contributed by atoms with Crippen molar-refractivity contribution in [2.45, 2.75) is 6.04 Å². The van der Waals surface area contributed by atoms with Gasteiger partial charge in [0.1, 0.15) is 6.04 Å². The van der Waals surface area contributed by atoms with Gasteiger partial charge in [-0.2, -0.15) is 0 Å². The summed E-state index contributed by atoms with van der Waals surface area (Å²) in [7, 11) is 0. The SMILES string of the molecule is O=C(O)C1CN(C(=O)C2COCCN2)C1. The minimum atomic E-state index is -0.827. The van der Waals surface area contributed by atoms with E-state index in [0.717, 1.165) is 0 Å². The van der Waals surface area contributed by atoms with Crippen molar-refractivity contribution in [3.05, 3.63) is 0 Å². The van der Waals surface area contributed by atoms with Crippen LogP contribution < -0.4 is 5.32 Å². The Morgan fingerprint density at radius 1 is 1.40 bits per heavy atom. The van der Waals surface area contributed by atoms with E-state index in [1.807, 2.05) is 0 Å². The van der Waals surface area contributed by atoms with E-state index in [1.165, 1.54) is 0 Å². The molecule has 0 aromatic carbocycles. The molecule has 2 saturated heterocycles. The average molecular weight is 214 g/mol. The zero-order valence-electron chi connectivity index (χ0n) is 8.31. The average Bonchev–Trinajstić information content (AvgIpc) is 2.16. The Morgan fingerprint density at radius 2 is 2.13 bits per heavy atom. The van der Waals surface area contributed by atoms with E-state index in [2.05, 4.69) is 5.32 Å². The number of hydrogen-bond donors (Lipinski definition) is 2. The fourth-order valence-corrected chi connectivity index (χ4v) is 1.76. The topological polar surface area (TPSA) is 78.9 Å². The summed E-state index contributed by atoms with van der Waals surface area (Å²) in [6.45, 7) is 2.33. The van der Waals surface area contributed by atoms with Crippen LogP contribution in [0.3, 0.4) is 0 Å². The number of carboxylic acid groups (broad SMARTS) is 1. The first-order chi connectivity index (χ1) is 7.18. The molecule has 84 valence electrons. The molecule has 1 unspecified atom stereocenters. The molecular weight excluding hydrogens is 200 g/mol. The number of hydrogen-bond acceptors (Lipinski definition) is 4. The van der Waals surface area contributed by atoms with E-state index in [0.29, 0.717) is 32.8 Å². The highest BCUT2D eigenvalue weighted by molar-refractivity contribution is 5.85. The van der Waals surface area contributed by atoms with Crippen LogP contribution in [-0.2, 0) is 14.3 Å². The minimum Gasteiger partial charge on any atom is -0.481 e. The first kappa shape index (κ1) is 10.4. The summed E-state index contributed by atoms with van der Waals surface area (Å²) in [5.41, 5.74) is 0. The van der Waals surface area contributed by atoms with E-state index < -0.39 is 11.9 Å². The molecule has 2 aliphatic rings. The van der Waals surface area contributed by atoms with Gasteiger partial charge in [0.05, 0.1) is 19.1 Å². The molecule has 0 spiro atoms. The summed E-state index contributed by atoms with van der Waals surface area (Å²) in [5.74, 6) is -1.27. The lowest BCUT2D eigenvalue weighted by Crippen LogP contribution is -2.60. The normalized spacial score (nSPS) is 27.2. The van der Waals surface area contributed by atoms with Crippen molar-refractivity contribution in [2.75, 3.05) is 32.8 Å². The molecule has 6 heteroatoms. The molecule has 0 aromatic rings. The quantitative estimate of drug-likeness (QED) is 0.586. The van der Waals surface area contributed by atoms with Gasteiger partial charge in [0, 0.05) is 19.6 Å². The Bertz CT molecular complexity index is 269. The third kappa shape index (κ3) is 2.10. The van der Waals surface area contributed by atoms with Gasteiger partial charge in [0.2, 0.25) is 5.91 Å². The summed E-state index contributed by atoms with van der Waals surface area (Å²) in [5, 5.41) is 11.7. The maximum absolute atomic E-state index is 11.7. The highest BCUT2D eigenvalue weighted by Gasteiger charge is 2.38. The van der Waals surface area contributed by atoms with Crippen LogP contribution in [0.15, 0.2) is 0 Å². The molecular formula is C9H14N2O4. The predicted octanol–water partition coefficient (Wildman–Crippen LogP) is -1.48. The van der Waals surface area contributed by atoms with E-state index in [1.54, 1.807) is 4.90 Å². The van der Waals surface area contributed by atoms with E-state index in [4.69, 9.17) is 9.84 Å². The first-order valence-corrected chi connectivity index (χ1v) is 5.01. The monoisotopic (exact) mass is 214 g/mol. The third-order valence-electron chi connectivity index (χ3n) is 2.76. The molecule has 2 heterocycles. The fourth-order valence-electron chi connectivity index (χ4n) is 1.76. The largest absolute Gasteiger partial charge is 0.481 e. The summed E-state index contributed by atoms with van der Waals surface area (Å²) < 4.78 is 5.17. The Kier molecular flexibility index (Phi) is 2.88. The second-order valence-electron chi connectivity index (χ2n) is 3.86. The van der Waals surface area contributed by atoms with Crippen molar-refractivity contribution < 1.29 is 19.4 Å². The van der Waals surface area contributed by atoms with Gasteiger partial charge in [-0.3, -0.25) is 9.59 Å². The van der Waals surface area contributed by atoms with E-state index in [-0.39, 0.29) is 11.9 Å². The van der Waals surface area contributed by atoms with Crippen molar-refractivity contribution in [1.82, 2.24) is 10.2 Å². The Labute approximate surface area is 87.2 Å². The molecule has 0 radical (unpaired) electrons. The number of carbonyl (C=O) groups excluding carboxylic acids is 1. The van der Waals surface area contributed by atoms with Crippen LogP contribution in [0.25, 0.3) is 0 Å². The predicted molar refractivity (Wildman–Crippen MR) is 50.3 cm³/mol. The summed E-state index contributed by atoms with van der Waals surface area (Å²) >= 11 is 0. The molecule has 2 aliphatic heterocycles. The molecule has 0 aliphatic carbocycles. The summed E-state index contributed by atoms with van der Waals surface area (Å²) in [6.07, 6.45) is 0. The number of amides is 1. The summed E-state index contributed by atoms with van der Waals surface area (Å²) in [4.78, 5) is 23.8. The number of aliphatic carboxylic acids is 1. The smallest absolute Gasteiger partial charge is 0.310 e. The Morgan fingerprint density at radius 3 is 2.67 bits per heavy atom. The fraction of sp³-hybridized carbons (Fsp3) is 0.778. The van der Waals surface area contributed by atoms with Crippen LogP contribution in [0.1, 0.15) is 0 Å². The number of morpholine rings is 1. The van der Waals surface area contributed by atoms with Gasteiger partial charge >= 0.3 is 5.97 Å².